The van der Waals surface area contributed by atoms with Crippen molar-refractivity contribution in [3.8, 4) is 0 Å². The van der Waals surface area contributed by atoms with Crippen LogP contribution in [0.2, 0.25) is 0 Å². The van der Waals surface area contributed by atoms with Crippen molar-refractivity contribution in [2.75, 3.05) is 26.8 Å². The molecule has 0 radical (unpaired) electrons. The summed E-state index contributed by atoms with van der Waals surface area (Å²) in [6.07, 6.45) is 1.86. The summed E-state index contributed by atoms with van der Waals surface area (Å²) >= 11 is 0. The maximum Gasteiger partial charge on any atom is 0.435 e. The van der Waals surface area contributed by atoms with Gasteiger partial charge in [0.15, 0.2) is 0 Å². The molecular weight excluding hydrogens is 215 g/mol. The van der Waals surface area contributed by atoms with Crippen LogP contribution in [0.1, 0.15) is 26.7 Å². The molecule has 0 aliphatic carbocycles. The maximum absolute atomic E-state index is 12.3. The highest BCUT2D eigenvalue weighted by Gasteiger charge is 2.33. The Balaban J connectivity index is 2.74. The Morgan fingerprint density at radius 2 is 2.00 bits per heavy atom. The normalized spacial score (nSPS) is 16.6. The molecule has 1 aliphatic heterocycles. The summed E-state index contributed by atoms with van der Waals surface area (Å²) in [6, 6.07) is 0. The van der Waals surface area contributed by atoms with E-state index in [0.29, 0.717) is 13.2 Å². The molecule has 0 unspecified atom stereocenters. The molecule has 0 fully saturated rings. The van der Waals surface area contributed by atoms with Crippen molar-refractivity contribution in [2.24, 2.45) is 4.99 Å². The monoisotopic (exact) mass is 234 g/mol. The van der Waals surface area contributed by atoms with Crippen LogP contribution in [0, 0.1) is 0 Å². The third-order valence-electron chi connectivity index (χ3n) is 2.18. The van der Waals surface area contributed by atoms with E-state index in [1.807, 2.05) is 0 Å². The molecule has 0 amide bonds. The van der Waals surface area contributed by atoms with Crippen LogP contribution in [0.5, 0.6) is 0 Å². The zero-order chi connectivity index (χ0) is 11.3. The first-order valence-corrected chi connectivity index (χ1v) is 6.80. The second-order valence-electron chi connectivity index (χ2n) is 3.23. The van der Waals surface area contributed by atoms with Crippen molar-refractivity contribution in [2.45, 2.75) is 26.7 Å². The van der Waals surface area contributed by atoms with Gasteiger partial charge in [0.2, 0.25) is 0 Å². The van der Waals surface area contributed by atoms with Crippen molar-refractivity contribution in [1.29, 1.82) is 0 Å². The van der Waals surface area contributed by atoms with Crippen molar-refractivity contribution >= 4 is 13.6 Å². The van der Waals surface area contributed by atoms with Crippen LogP contribution in [-0.4, -0.2) is 37.3 Å². The predicted octanol–water partition coefficient (Wildman–Crippen LogP) is 2.29. The summed E-state index contributed by atoms with van der Waals surface area (Å²) in [7, 11) is -1.44. The Hall–Kier alpha value is -0.380. The average Bonchev–Trinajstić information content (AvgIpc) is 2.70. The van der Waals surface area contributed by atoms with E-state index in [1.165, 1.54) is 0 Å². The summed E-state index contributed by atoms with van der Waals surface area (Å²) < 4.78 is 24.3. The molecular formula is C9H19N2O3P. The molecule has 5 nitrogen and oxygen atoms in total. The van der Waals surface area contributed by atoms with E-state index in [2.05, 4.69) is 4.99 Å². The fourth-order valence-electron chi connectivity index (χ4n) is 1.47. The summed E-state index contributed by atoms with van der Waals surface area (Å²) in [5, 5.41) is 0. The number of nitrogens with zero attached hydrogens (tertiary/aromatic N) is 2. The van der Waals surface area contributed by atoms with Gasteiger partial charge in [0.1, 0.15) is 5.84 Å². The van der Waals surface area contributed by atoms with Crippen LogP contribution >= 0.6 is 7.75 Å². The molecule has 1 rings (SSSR count). The number of hydrogen-bond acceptors (Lipinski definition) is 4. The molecule has 6 heteroatoms. The highest BCUT2D eigenvalue weighted by molar-refractivity contribution is 7.52. The predicted molar refractivity (Wildman–Crippen MR) is 60.2 cm³/mol. The van der Waals surface area contributed by atoms with Gasteiger partial charge in [-0.2, -0.15) is 0 Å². The van der Waals surface area contributed by atoms with E-state index in [0.717, 1.165) is 25.2 Å². The second-order valence-corrected chi connectivity index (χ2v) is 5.28. The first-order chi connectivity index (χ1) is 7.14. The highest BCUT2D eigenvalue weighted by Crippen LogP contribution is 2.51. The van der Waals surface area contributed by atoms with Crippen molar-refractivity contribution < 1.29 is 13.6 Å². The Bertz CT molecular complexity index is 271. The number of hydrogen-bond donors (Lipinski definition) is 0. The SMILES string of the molecule is CCOP(=O)(OCC)N(C)C1=NCCC1. The van der Waals surface area contributed by atoms with Gasteiger partial charge in [-0.1, -0.05) is 0 Å². The lowest BCUT2D eigenvalue weighted by Gasteiger charge is -2.27. The fraction of sp³-hybridized carbons (Fsp3) is 0.889. The Kier molecular flexibility index (Phi) is 4.77. The topological polar surface area (TPSA) is 51.1 Å². The van der Waals surface area contributed by atoms with Crippen LogP contribution < -0.4 is 0 Å². The minimum Gasteiger partial charge on any atom is -0.292 e. The van der Waals surface area contributed by atoms with Crippen LogP contribution in [0.25, 0.3) is 0 Å². The first-order valence-electron chi connectivity index (χ1n) is 5.30. The van der Waals surface area contributed by atoms with Crippen LogP contribution in [0.3, 0.4) is 0 Å². The molecule has 1 aliphatic rings. The van der Waals surface area contributed by atoms with Crippen LogP contribution in [0.4, 0.5) is 0 Å². The van der Waals surface area contributed by atoms with Gasteiger partial charge in [-0.05, 0) is 20.3 Å². The smallest absolute Gasteiger partial charge is 0.292 e. The molecule has 88 valence electrons. The summed E-state index contributed by atoms with van der Waals surface area (Å²) in [5.41, 5.74) is 0. The number of rotatable bonds is 5. The molecule has 0 atom stereocenters. The van der Waals surface area contributed by atoms with Gasteiger partial charge in [-0.3, -0.25) is 18.7 Å². The van der Waals surface area contributed by atoms with Gasteiger partial charge < -0.3 is 0 Å². The van der Waals surface area contributed by atoms with Gasteiger partial charge in [-0.25, -0.2) is 4.57 Å². The molecule has 15 heavy (non-hydrogen) atoms. The third kappa shape index (κ3) is 3.03. The van der Waals surface area contributed by atoms with Crippen LogP contribution in [-0.2, 0) is 13.6 Å². The van der Waals surface area contributed by atoms with E-state index < -0.39 is 7.75 Å². The quantitative estimate of drug-likeness (QED) is 0.685. The van der Waals surface area contributed by atoms with E-state index in [1.54, 1.807) is 25.6 Å². The lowest BCUT2D eigenvalue weighted by atomic mass is 10.3. The van der Waals surface area contributed by atoms with Crippen molar-refractivity contribution in [3.63, 3.8) is 0 Å². The lowest BCUT2D eigenvalue weighted by Crippen LogP contribution is -2.24. The van der Waals surface area contributed by atoms with E-state index in [9.17, 15) is 4.57 Å². The molecule has 0 spiro atoms. The molecule has 0 aromatic heterocycles. The number of amidine groups is 1. The van der Waals surface area contributed by atoms with Gasteiger partial charge in [0.25, 0.3) is 0 Å². The molecule has 0 aromatic rings. The fourth-order valence-corrected chi connectivity index (χ4v) is 2.99. The maximum atomic E-state index is 12.3. The number of aliphatic imine (C=N–C) groups is 1. The zero-order valence-electron chi connectivity index (χ0n) is 9.60. The molecule has 1 heterocycles. The van der Waals surface area contributed by atoms with Crippen molar-refractivity contribution in [1.82, 2.24) is 4.67 Å². The first kappa shape index (κ1) is 12.7. The second kappa shape index (κ2) is 5.64. The van der Waals surface area contributed by atoms with Crippen LogP contribution in [0.15, 0.2) is 4.99 Å². The Labute approximate surface area is 91.1 Å². The van der Waals surface area contributed by atoms with Crippen molar-refractivity contribution in [3.05, 3.63) is 0 Å². The summed E-state index contributed by atoms with van der Waals surface area (Å²) in [5.74, 6) is 0.820. The third-order valence-corrected chi connectivity index (χ3v) is 4.31. The van der Waals surface area contributed by atoms with E-state index >= 15 is 0 Å². The van der Waals surface area contributed by atoms with Gasteiger partial charge in [0, 0.05) is 20.0 Å². The molecule has 0 bridgehead atoms. The minimum absolute atomic E-state index is 0.370. The summed E-state index contributed by atoms with van der Waals surface area (Å²) in [6.45, 7) is 5.15. The van der Waals surface area contributed by atoms with Gasteiger partial charge in [0.05, 0.1) is 13.2 Å². The van der Waals surface area contributed by atoms with E-state index in [4.69, 9.17) is 9.05 Å². The minimum atomic E-state index is -3.16. The highest BCUT2D eigenvalue weighted by atomic mass is 31.2. The Morgan fingerprint density at radius 1 is 1.40 bits per heavy atom. The zero-order valence-corrected chi connectivity index (χ0v) is 10.5. The molecule has 0 saturated carbocycles. The standard InChI is InChI=1S/C9H19N2O3P/c1-4-13-15(12,14-5-2)11(3)9-7-6-8-10-9/h4-8H2,1-3H3. The molecule has 0 aromatic carbocycles. The van der Waals surface area contributed by atoms with Gasteiger partial charge in [-0.15, -0.1) is 0 Å². The van der Waals surface area contributed by atoms with E-state index in [-0.39, 0.29) is 0 Å². The lowest BCUT2D eigenvalue weighted by molar-refractivity contribution is 0.194. The Morgan fingerprint density at radius 3 is 2.40 bits per heavy atom. The molecule has 0 N–H and O–H groups in total. The average molecular weight is 234 g/mol. The van der Waals surface area contributed by atoms with Gasteiger partial charge >= 0.3 is 7.75 Å². The largest absolute Gasteiger partial charge is 0.435 e. The summed E-state index contributed by atoms with van der Waals surface area (Å²) in [4.78, 5) is 4.28. The molecule has 0 saturated heterocycles.